The number of aromatic nitrogens is 1. The number of carbonyl (C=O) groups is 1. The van der Waals surface area contributed by atoms with Crippen molar-refractivity contribution >= 4 is 27.5 Å². The maximum Gasteiger partial charge on any atom is 0.257 e. The number of nitrogens with one attached hydrogen (secondary N) is 1. The van der Waals surface area contributed by atoms with Crippen LogP contribution in [0, 0.1) is 6.92 Å². The molecule has 0 aliphatic rings. The molecule has 1 atom stereocenters. The Morgan fingerprint density at radius 1 is 1.10 bits per heavy atom. The van der Waals surface area contributed by atoms with Crippen LogP contribution in [0.15, 0.2) is 65.1 Å². The molecule has 3 aromatic rings. The van der Waals surface area contributed by atoms with Crippen molar-refractivity contribution in [1.29, 1.82) is 0 Å². The highest BCUT2D eigenvalue weighted by molar-refractivity contribution is 9.10. The van der Waals surface area contributed by atoms with Gasteiger partial charge in [0.15, 0.2) is 0 Å². The van der Waals surface area contributed by atoms with Crippen LogP contribution in [0.25, 0.3) is 0 Å². The van der Waals surface area contributed by atoms with Gasteiger partial charge in [-0.05, 0) is 68.4 Å². The molecule has 1 heterocycles. The van der Waals surface area contributed by atoms with Crippen molar-refractivity contribution in [3.63, 3.8) is 0 Å². The fraction of sp³-hybridized carbons (Fsp3) is 0.217. The van der Waals surface area contributed by atoms with Gasteiger partial charge in [0.2, 0.25) is 0 Å². The lowest BCUT2D eigenvalue weighted by Crippen LogP contribution is -2.16. The number of amides is 1. The Labute approximate surface area is 179 Å². The van der Waals surface area contributed by atoms with Crippen LogP contribution >= 0.6 is 15.9 Å². The number of carbonyl (C=O) groups excluding carboxylic acids is 1. The van der Waals surface area contributed by atoms with E-state index in [1.165, 1.54) is 0 Å². The van der Waals surface area contributed by atoms with Crippen LogP contribution in [0.1, 0.15) is 28.7 Å². The minimum Gasteiger partial charge on any atom is -0.457 e. The van der Waals surface area contributed by atoms with Crippen LogP contribution in [-0.2, 0) is 11.2 Å². The van der Waals surface area contributed by atoms with Gasteiger partial charge in [-0.15, -0.1) is 0 Å². The van der Waals surface area contributed by atoms with Gasteiger partial charge in [0.1, 0.15) is 11.5 Å². The minimum absolute atomic E-state index is 0.0827. The lowest BCUT2D eigenvalue weighted by Gasteiger charge is -2.12. The number of pyridine rings is 1. The third-order valence-electron chi connectivity index (χ3n) is 4.43. The van der Waals surface area contributed by atoms with E-state index < -0.39 is 0 Å². The monoisotopic (exact) mass is 454 g/mol. The summed E-state index contributed by atoms with van der Waals surface area (Å²) >= 11 is 3.42. The number of nitrogens with zero attached hydrogens (tertiary/aromatic N) is 1. The molecule has 0 aliphatic heterocycles. The molecule has 1 unspecified atom stereocenters. The first-order chi connectivity index (χ1) is 13.9. The third-order valence-corrected chi connectivity index (χ3v) is 4.92. The quantitative estimate of drug-likeness (QED) is 0.491. The summed E-state index contributed by atoms with van der Waals surface area (Å²) in [5.41, 5.74) is 2.83. The molecule has 0 spiro atoms. The standard InChI is InChI=1S/C23H23BrN2O3/c1-15(28-3)13-19-9-12-22(16(2)25-19)23(27)26-18-7-10-20(11-8-18)29-21-6-4-5-17(24)14-21/h4-12,14-15H,13H2,1-3H3,(H,26,27). The lowest BCUT2D eigenvalue weighted by atomic mass is 10.1. The number of hydrogen-bond donors (Lipinski definition) is 1. The molecule has 5 nitrogen and oxygen atoms in total. The summed E-state index contributed by atoms with van der Waals surface area (Å²) in [5.74, 6) is 1.23. The first-order valence-electron chi connectivity index (χ1n) is 9.29. The smallest absolute Gasteiger partial charge is 0.257 e. The number of hydrogen-bond acceptors (Lipinski definition) is 4. The Morgan fingerprint density at radius 2 is 1.86 bits per heavy atom. The van der Waals surface area contributed by atoms with E-state index in [1.807, 2.05) is 68.4 Å². The molecule has 3 rings (SSSR count). The Balaban J connectivity index is 1.64. The first-order valence-corrected chi connectivity index (χ1v) is 10.1. The highest BCUT2D eigenvalue weighted by Gasteiger charge is 2.12. The van der Waals surface area contributed by atoms with Gasteiger partial charge in [-0.25, -0.2) is 0 Å². The second-order valence-corrected chi connectivity index (χ2v) is 7.64. The topological polar surface area (TPSA) is 60.5 Å². The van der Waals surface area contributed by atoms with Crippen LogP contribution in [-0.4, -0.2) is 24.1 Å². The Bertz CT molecular complexity index is 990. The number of benzene rings is 2. The molecule has 29 heavy (non-hydrogen) atoms. The van der Waals surface area contributed by atoms with Crippen molar-refractivity contribution in [2.24, 2.45) is 0 Å². The fourth-order valence-electron chi connectivity index (χ4n) is 2.82. The Kier molecular flexibility index (Phi) is 7.01. The molecule has 0 fully saturated rings. The summed E-state index contributed by atoms with van der Waals surface area (Å²) in [7, 11) is 1.68. The molecule has 0 saturated carbocycles. The molecule has 2 aromatic carbocycles. The van der Waals surface area contributed by atoms with E-state index in [0.717, 1.165) is 15.9 Å². The van der Waals surface area contributed by atoms with E-state index in [-0.39, 0.29) is 12.0 Å². The summed E-state index contributed by atoms with van der Waals surface area (Å²) in [4.78, 5) is 17.2. The van der Waals surface area contributed by atoms with E-state index in [1.54, 1.807) is 13.2 Å². The van der Waals surface area contributed by atoms with Gasteiger partial charge in [0.05, 0.1) is 17.4 Å². The Morgan fingerprint density at radius 3 is 2.52 bits per heavy atom. The van der Waals surface area contributed by atoms with Gasteiger partial charge in [0.25, 0.3) is 5.91 Å². The number of ether oxygens (including phenoxy) is 2. The van der Waals surface area contributed by atoms with Crippen LogP contribution < -0.4 is 10.1 Å². The van der Waals surface area contributed by atoms with E-state index in [9.17, 15) is 4.79 Å². The zero-order valence-electron chi connectivity index (χ0n) is 16.6. The van der Waals surface area contributed by atoms with Crippen LogP contribution in [0.5, 0.6) is 11.5 Å². The summed E-state index contributed by atoms with van der Waals surface area (Å²) in [6, 6.07) is 18.5. The van der Waals surface area contributed by atoms with Gasteiger partial charge in [0, 0.05) is 29.4 Å². The second kappa shape index (κ2) is 9.67. The molecule has 0 aliphatic carbocycles. The molecule has 0 saturated heterocycles. The predicted molar refractivity (Wildman–Crippen MR) is 118 cm³/mol. The largest absolute Gasteiger partial charge is 0.457 e. The average molecular weight is 455 g/mol. The van der Waals surface area contributed by atoms with Crippen molar-refractivity contribution in [1.82, 2.24) is 4.98 Å². The minimum atomic E-state index is -0.193. The molecule has 1 amide bonds. The molecule has 1 N–H and O–H groups in total. The van der Waals surface area contributed by atoms with Gasteiger partial charge >= 0.3 is 0 Å². The van der Waals surface area contributed by atoms with Crippen LogP contribution in [0.3, 0.4) is 0 Å². The first kappa shape index (κ1) is 21.0. The highest BCUT2D eigenvalue weighted by Crippen LogP contribution is 2.25. The molecule has 1 aromatic heterocycles. The second-order valence-electron chi connectivity index (χ2n) is 6.72. The number of aryl methyl sites for hydroxylation is 1. The van der Waals surface area contributed by atoms with E-state index in [4.69, 9.17) is 9.47 Å². The third kappa shape index (κ3) is 5.89. The van der Waals surface area contributed by atoms with Crippen molar-refractivity contribution in [3.05, 3.63) is 82.1 Å². The van der Waals surface area contributed by atoms with Crippen molar-refractivity contribution < 1.29 is 14.3 Å². The molecular weight excluding hydrogens is 432 g/mol. The lowest BCUT2D eigenvalue weighted by molar-refractivity contribution is 0.102. The maximum atomic E-state index is 12.6. The van der Waals surface area contributed by atoms with E-state index >= 15 is 0 Å². The van der Waals surface area contributed by atoms with Gasteiger partial charge < -0.3 is 14.8 Å². The van der Waals surface area contributed by atoms with E-state index in [2.05, 4.69) is 26.2 Å². The number of rotatable bonds is 7. The van der Waals surface area contributed by atoms with Gasteiger partial charge in [-0.3, -0.25) is 9.78 Å². The molecule has 150 valence electrons. The number of halogens is 1. The predicted octanol–water partition coefficient (Wildman–Crippen LogP) is 5.77. The zero-order valence-corrected chi connectivity index (χ0v) is 18.2. The van der Waals surface area contributed by atoms with Crippen LogP contribution in [0.2, 0.25) is 0 Å². The summed E-state index contributed by atoms with van der Waals surface area (Å²) in [6.45, 7) is 3.83. The van der Waals surface area contributed by atoms with E-state index in [0.29, 0.717) is 29.1 Å². The Hall–Kier alpha value is -2.70. The van der Waals surface area contributed by atoms with Crippen LogP contribution in [0.4, 0.5) is 5.69 Å². The van der Waals surface area contributed by atoms with Crippen molar-refractivity contribution in [2.75, 3.05) is 12.4 Å². The molecule has 0 bridgehead atoms. The molecular formula is C23H23BrN2O3. The zero-order chi connectivity index (χ0) is 20.8. The SMILES string of the molecule is COC(C)Cc1ccc(C(=O)Nc2ccc(Oc3cccc(Br)c3)cc2)c(C)n1. The fourth-order valence-corrected chi connectivity index (χ4v) is 3.19. The maximum absolute atomic E-state index is 12.6. The normalized spacial score (nSPS) is 11.7. The summed E-state index contributed by atoms with van der Waals surface area (Å²) in [5, 5.41) is 2.90. The summed E-state index contributed by atoms with van der Waals surface area (Å²) < 4.78 is 12.0. The number of methoxy groups -OCH3 is 1. The summed E-state index contributed by atoms with van der Waals surface area (Å²) in [6.07, 6.45) is 0.790. The van der Waals surface area contributed by atoms with Gasteiger partial charge in [-0.2, -0.15) is 0 Å². The average Bonchev–Trinajstić information content (AvgIpc) is 2.69. The van der Waals surface area contributed by atoms with Crippen molar-refractivity contribution in [3.8, 4) is 11.5 Å². The highest BCUT2D eigenvalue weighted by atomic mass is 79.9. The van der Waals surface area contributed by atoms with Gasteiger partial charge in [-0.1, -0.05) is 22.0 Å². The molecule has 0 radical (unpaired) electrons. The number of anilines is 1. The molecule has 6 heteroatoms. The van der Waals surface area contributed by atoms with Crippen molar-refractivity contribution in [2.45, 2.75) is 26.4 Å².